The summed E-state index contributed by atoms with van der Waals surface area (Å²) in [5.74, 6) is 0. The molecule has 0 aliphatic carbocycles. The fourth-order valence-electron chi connectivity index (χ4n) is 2.19. The molecule has 0 radical (unpaired) electrons. The lowest BCUT2D eigenvalue weighted by atomic mass is 10.0. The van der Waals surface area contributed by atoms with Crippen molar-refractivity contribution in [2.45, 2.75) is 51.3 Å². The average Bonchev–Trinajstić information content (AvgIpc) is 3.15. The maximum atomic E-state index is 11.5. The summed E-state index contributed by atoms with van der Waals surface area (Å²) < 4.78 is 15.9. The normalized spacial score (nSPS) is 18.4. The second-order valence-corrected chi connectivity index (χ2v) is 7.53. The topological polar surface area (TPSA) is 97.3 Å². The number of carbonyl (C=O) groups excluding carboxylic acids is 1. The first kappa shape index (κ1) is 19.1. The molecule has 0 bridgehead atoms. The van der Waals surface area contributed by atoms with Crippen LogP contribution in [-0.2, 0) is 14.2 Å². The molecule has 0 aromatic carbocycles. The molecule has 136 valence electrons. The summed E-state index contributed by atoms with van der Waals surface area (Å²) in [6.45, 7) is 6.64. The molecule has 1 aliphatic rings. The van der Waals surface area contributed by atoms with Crippen LogP contribution in [0.15, 0.2) is 11.4 Å². The third kappa shape index (κ3) is 5.71. The van der Waals surface area contributed by atoms with Gasteiger partial charge >= 0.3 is 6.09 Å². The van der Waals surface area contributed by atoms with Gasteiger partial charge in [0.1, 0.15) is 11.7 Å². The van der Waals surface area contributed by atoms with Gasteiger partial charge in [-0.15, -0.1) is 11.3 Å². The second kappa shape index (κ2) is 8.26. The monoisotopic (exact) mass is 359 g/mol. The van der Waals surface area contributed by atoms with E-state index >= 15 is 0 Å². The summed E-state index contributed by atoms with van der Waals surface area (Å²) in [6.07, 6.45) is -2.74. The molecule has 3 N–H and O–H groups in total. The lowest BCUT2D eigenvalue weighted by molar-refractivity contribution is -0.0415. The van der Waals surface area contributed by atoms with Crippen LogP contribution in [0.4, 0.5) is 4.79 Å². The summed E-state index contributed by atoms with van der Waals surface area (Å²) in [5, 5.41) is 24.6. The van der Waals surface area contributed by atoms with E-state index in [1.807, 2.05) is 0 Å². The van der Waals surface area contributed by atoms with E-state index in [-0.39, 0.29) is 19.3 Å². The van der Waals surface area contributed by atoms with E-state index in [4.69, 9.17) is 14.2 Å². The zero-order valence-electron chi connectivity index (χ0n) is 14.2. The Bertz CT molecular complexity index is 535. The first-order valence-corrected chi connectivity index (χ1v) is 8.79. The molecule has 1 fully saturated rings. The number of alkyl carbamates (subject to hydrolysis) is 1. The van der Waals surface area contributed by atoms with Gasteiger partial charge in [0.25, 0.3) is 0 Å². The van der Waals surface area contributed by atoms with Gasteiger partial charge in [-0.2, -0.15) is 0 Å². The number of hydrogen-bond donors (Lipinski definition) is 3. The van der Waals surface area contributed by atoms with Gasteiger partial charge in [-0.05, 0) is 44.2 Å². The molecular formula is C16H25NO6S. The minimum Gasteiger partial charge on any atom is -0.444 e. The third-order valence-electron chi connectivity index (χ3n) is 3.31. The molecule has 1 aliphatic heterocycles. The van der Waals surface area contributed by atoms with Crippen LogP contribution in [0.5, 0.6) is 0 Å². The lowest BCUT2D eigenvalue weighted by Crippen LogP contribution is -2.34. The van der Waals surface area contributed by atoms with Crippen molar-refractivity contribution in [3.05, 3.63) is 21.9 Å². The molecule has 0 spiro atoms. The van der Waals surface area contributed by atoms with Crippen molar-refractivity contribution in [2.75, 3.05) is 19.8 Å². The first-order chi connectivity index (χ1) is 11.3. The summed E-state index contributed by atoms with van der Waals surface area (Å²) in [4.78, 5) is 12.4. The molecule has 1 amide bonds. The van der Waals surface area contributed by atoms with Gasteiger partial charge in [-0.25, -0.2) is 4.79 Å². The number of aliphatic hydroxyl groups excluding tert-OH is 2. The molecular weight excluding hydrogens is 334 g/mol. The third-order valence-corrected chi connectivity index (χ3v) is 4.28. The Morgan fingerprint density at radius 3 is 2.71 bits per heavy atom. The van der Waals surface area contributed by atoms with Crippen molar-refractivity contribution in [1.29, 1.82) is 0 Å². The fourth-order valence-corrected chi connectivity index (χ4v) is 3.12. The number of carbonyl (C=O) groups is 1. The van der Waals surface area contributed by atoms with Gasteiger partial charge < -0.3 is 29.7 Å². The summed E-state index contributed by atoms with van der Waals surface area (Å²) in [7, 11) is 0. The molecule has 2 heterocycles. The van der Waals surface area contributed by atoms with Crippen LogP contribution in [0, 0.1) is 0 Å². The molecule has 1 aromatic rings. The molecule has 2 rings (SSSR count). The predicted molar refractivity (Wildman–Crippen MR) is 88.8 cm³/mol. The van der Waals surface area contributed by atoms with Crippen LogP contribution in [0.25, 0.3) is 0 Å². The van der Waals surface area contributed by atoms with Crippen LogP contribution < -0.4 is 5.32 Å². The Morgan fingerprint density at radius 2 is 2.08 bits per heavy atom. The first-order valence-electron chi connectivity index (χ1n) is 7.91. The van der Waals surface area contributed by atoms with E-state index in [0.29, 0.717) is 18.8 Å². The largest absolute Gasteiger partial charge is 0.444 e. The Morgan fingerprint density at radius 1 is 1.42 bits per heavy atom. The summed E-state index contributed by atoms with van der Waals surface area (Å²) in [5.41, 5.74) is 0.0403. The SMILES string of the molecule is CC(C)(C)OC(=O)NCCC(O)C(O)c1csc(C2OCCO2)c1. The number of thiophene rings is 1. The number of aliphatic hydroxyl groups is 2. The summed E-state index contributed by atoms with van der Waals surface area (Å²) >= 11 is 1.42. The quantitative estimate of drug-likeness (QED) is 0.720. The molecule has 1 aromatic heterocycles. The Labute approximate surface area is 145 Å². The highest BCUT2D eigenvalue weighted by Gasteiger charge is 2.24. The van der Waals surface area contributed by atoms with Crippen LogP contribution in [0.3, 0.4) is 0 Å². The molecule has 2 unspecified atom stereocenters. The molecule has 2 atom stereocenters. The van der Waals surface area contributed by atoms with E-state index < -0.39 is 23.9 Å². The smallest absolute Gasteiger partial charge is 0.407 e. The van der Waals surface area contributed by atoms with Crippen molar-refractivity contribution in [3.8, 4) is 0 Å². The minimum atomic E-state index is -1.03. The Hall–Kier alpha value is -1.19. The van der Waals surface area contributed by atoms with Crippen molar-refractivity contribution in [2.24, 2.45) is 0 Å². The highest BCUT2D eigenvalue weighted by Crippen LogP contribution is 2.32. The number of amides is 1. The van der Waals surface area contributed by atoms with Crippen molar-refractivity contribution in [3.63, 3.8) is 0 Å². The van der Waals surface area contributed by atoms with Gasteiger partial charge in [0, 0.05) is 6.54 Å². The van der Waals surface area contributed by atoms with Crippen LogP contribution in [0.2, 0.25) is 0 Å². The number of ether oxygens (including phenoxy) is 3. The Kier molecular flexibility index (Phi) is 6.59. The maximum absolute atomic E-state index is 11.5. The van der Waals surface area contributed by atoms with E-state index in [2.05, 4.69) is 5.32 Å². The lowest BCUT2D eigenvalue weighted by Gasteiger charge is -2.21. The highest BCUT2D eigenvalue weighted by molar-refractivity contribution is 7.10. The minimum absolute atomic E-state index is 0.207. The van der Waals surface area contributed by atoms with Crippen molar-refractivity contribution in [1.82, 2.24) is 5.32 Å². The number of rotatable bonds is 6. The second-order valence-electron chi connectivity index (χ2n) is 6.59. The van der Waals surface area contributed by atoms with Crippen LogP contribution in [-0.4, -0.2) is 47.8 Å². The summed E-state index contributed by atoms with van der Waals surface area (Å²) in [6, 6.07) is 1.77. The van der Waals surface area contributed by atoms with E-state index in [1.54, 1.807) is 32.2 Å². The fraction of sp³-hybridized carbons (Fsp3) is 0.688. The van der Waals surface area contributed by atoms with Gasteiger partial charge in [0.15, 0.2) is 6.29 Å². The standard InChI is InChI=1S/C16H25NO6S/c1-16(2,3)23-15(20)17-5-4-11(18)13(19)10-8-12(24-9-10)14-21-6-7-22-14/h8-9,11,13-14,18-19H,4-7H2,1-3H3,(H,17,20). The van der Waals surface area contributed by atoms with Crippen LogP contribution >= 0.6 is 11.3 Å². The van der Waals surface area contributed by atoms with Gasteiger partial charge in [-0.1, -0.05) is 0 Å². The molecule has 1 saturated heterocycles. The van der Waals surface area contributed by atoms with E-state index in [0.717, 1.165) is 4.88 Å². The van der Waals surface area contributed by atoms with Gasteiger partial charge in [-0.3, -0.25) is 0 Å². The van der Waals surface area contributed by atoms with Gasteiger partial charge in [0.2, 0.25) is 0 Å². The van der Waals surface area contributed by atoms with E-state index in [9.17, 15) is 15.0 Å². The molecule has 8 heteroatoms. The van der Waals surface area contributed by atoms with Crippen molar-refractivity contribution < 1.29 is 29.2 Å². The van der Waals surface area contributed by atoms with Crippen LogP contribution in [0.1, 0.15) is 50.0 Å². The number of nitrogens with one attached hydrogen (secondary N) is 1. The molecule has 24 heavy (non-hydrogen) atoms. The Balaban J connectivity index is 1.77. The molecule has 7 nitrogen and oxygen atoms in total. The van der Waals surface area contributed by atoms with Crippen molar-refractivity contribution >= 4 is 17.4 Å². The highest BCUT2D eigenvalue weighted by atomic mass is 32.1. The van der Waals surface area contributed by atoms with Gasteiger partial charge in [0.05, 0.1) is 24.2 Å². The molecule has 0 saturated carbocycles. The predicted octanol–water partition coefficient (Wildman–Crippen LogP) is 2.10. The zero-order chi connectivity index (χ0) is 17.7. The maximum Gasteiger partial charge on any atom is 0.407 e. The number of hydrogen-bond acceptors (Lipinski definition) is 7. The zero-order valence-corrected chi connectivity index (χ0v) is 15.0. The van der Waals surface area contributed by atoms with E-state index in [1.165, 1.54) is 11.3 Å². The average molecular weight is 359 g/mol.